The highest BCUT2D eigenvalue weighted by Gasteiger charge is 2.39. The summed E-state index contributed by atoms with van der Waals surface area (Å²) in [7, 11) is -1.41. The van der Waals surface area contributed by atoms with Gasteiger partial charge in [0, 0.05) is 36.2 Å². The molecule has 8 aromatic rings. The highest BCUT2D eigenvalue weighted by molar-refractivity contribution is 9.10. The van der Waals surface area contributed by atoms with Gasteiger partial charge in [0.05, 0.1) is 0 Å². The highest BCUT2D eigenvalue weighted by Crippen LogP contribution is 2.54. The van der Waals surface area contributed by atoms with Crippen molar-refractivity contribution in [1.82, 2.24) is 0 Å². The molecule has 0 fully saturated rings. The molecule has 4 aliphatic rings. The second-order valence-electron chi connectivity index (χ2n) is 20.4. The monoisotopic (exact) mass is 964 g/mol. The molecule has 0 saturated carbocycles. The maximum absolute atomic E-state index is 9.30. The minimum Gasteiger partial charge on any atom is -0.423 e. The van der Waals surface area contributed by atoms with Crippen LogP contribution in [-0.4, -0.2) is 17.2 Å². The van der Waals surface area contributed by atoms with E-state index in [1.807, 2.05) is 36.4 Å². The van der Waals surface area contributed by atoms with Crippen molar-refractivity contribution in [2.24, 2.45) is 0 Å². The van der Waals surface area contributed by atoms with Crippen LogP contribution in [-0.2, 0) is 21.7 Å². The van der Waals surface area contributed by atoms with Gasteiger partial charge in [0.15, 0.2) is 0 Å². The molecule has 0 aromatic heterocycles. The number of hydrogen-bond donors (Lipinski definition) is 2. The van der Waals surface area contributed by atoms with Gasteiger partial charge in [-0.25, -0.2) is 0 Å². The molecule has 6 heteroatoms. The van der Waals surface area contributed by atoms with E-state index in [-0.39, 0.29) is 21.7 Å². The summed E-state index contributed by atoms with van der Waals surface area (Å²) >= 11 is 16.0. The Morgan fingerprint density at radius 2 is 0.667 bits per heavy atom. The van der Waals surface area contributed by atoms with Gasteiger partial charge in [0.25, 0.3) is 0 Å². The molecule has 8 aromatic carbocycles. The van der Waals surface area contributed by atoms with Crippen LogP contribution in [0.5, 0.6) is 0 Å². The average molecular weight is 967 g/mol. The molecule has 0 amide bonds. The zero-order chi connectivity index (χ0) is 46.7. The second-order valence-corrected chi connectivity index (χ2v) is 22.1. The van der Waals surface area contributed by atoms with Gasteiger partial charge in [-0.2, -0.15) is 0 Å². The van der Waals surface area contributed by atoms with E-state index in [1.165, 1.54) is 94.6 Å². The third-order valence-corrected chi connectivity index (χ3v) is 16.0. The van der Waals surface area contributed by atoms with Crippen LogP contribution in [0.3, 0.4) is 0 Å². The molecule has 0 radical (unpaired) electrons. The Morgan fingerprint density at radius 3 is 1.11 bits per heavy atom. The summed E-state index contributed by atoms with van der Waals surface area (Å²) < 4.78 is 1.13. The van der Waals surface area contributed by atoms with Gasteiger partial charge >= 0.3 is 7.12 Å². The van der Waals surface area contributed by atoms with Crippen molar-refractivity contribution >= 4 is 51.7 Å². The van der Waals surface area contributed by atoms with Crippen molar-refractivity contribution in [2.45, 2.75) is 77.0 Å². The quantitative estimate of drug-likeness (QED) is 0.170. The summed E-state index contributed by atoms with van der Waals surface area (Å²) in [4.78, 5) is 0. The fraction of sp³-hybridized carbons (Fsp3) is 0.200. The molecule has 0 spiro atoms. The predicted octanol–water partition coefficient (Wildman–Crippen LogP) is 15.7. The van der Waals surface area contributed by atoms with E-state index in [1.54, 1.807) is 6.07 Å². The SMILES string of the molecule is CC1(C)c2cc(Cl)ccc2-c2ccc(Br)cc21.CC1(C)c2ccccc2-c2ccc(-c3ccc4c(c3)C(C)(C)c3cc(Cl)ccc3-4)cc21.CC1(C)c2ccccc2-c2ccc(B(O)O)cc21. The first-order valence-electron chi connectivity index (χ1n) is 22.7. The normalized spacial score (nSPS) is 15.8. The molecular formula is C60H52BBrCl2O2. The molecular weight excluding hydrogens is 914 g/mol. The van der Waals surface area contributed by atoms with Gasteiger partial charge in [-0.1, -0.05) is 204 Å². The first-order chi connectivity index (χ1) is 31.3. The van der Waals surface area contributed by atoms with Crippen LogP contribution >= 0.6 is 39.1 Å². The third kappa shape index (κ3) is 7.06. The van der Waals surface area contributed by atoms with Crippen molar-refractivity contribution in [3.63, 3.8) is 0 Å². The van der Waals surface area contributed by atoms with E-state index in [0.717, 1.165) is 20.1 Å². The molecule has 0 saturated heterocycles. The highest BCUT2D eigenvalue weighted by atomic mass is 79.9. The molecule has 0 heterocycles. The zero-order valence-electron chi connectivity index (χ0n) is 38.6. The molecule has 2 nitrogen and oxygen atoms in total. The molecule has 66 heavy (non-hydrogen) atoms. The lowest BCUT2D eigenvalue weighted by molar-refractivity contribution is 0.425. The Labute approximate surface area is 408 Å². The lowest BCUT2D eigenvalue weighted by Crippen LogP contribution is -2.31. The minimum atomic E-state index is -1.41. The van der Waals surface area contributed by atoms with E-state index < -0.39 is 7.12 Å². The molecule has 4 aliphatic carbocycles. The zero-order valence-corrected chi connectivity index (χ0v) is 41.7. The van der Waals surface area contributed by atoms with Crippen molar-refractivity contribution in [1.29, 1.82) is 0 Å². The summed E-state index contributed by atoms with van der Waals surface area (Å²) in [5.74, 6) is 0. The first kappa shape index (κ1) is 44.6. The molecule has 0 bridgehead atoms. The van der Waals surface area contributed by atoms with Gasteiger partial charge in [-0.15, -0.1) is 0 Å². The number of hydrogen-bond acceptors (Lipinski definition) is 2. The van der Waals surface area contributed by atoms with Gasteiger partial charge in [0.1, 0.15) is 0 Å². The van der Waals surface area contributed by atoms with E-state index in [2.05, 4.69) is 187 Å². The predicted molar refractivity (Wildman–Crippen MR) is 283 cm³/mol. The lowest BCUT2D eigenvalue weighted by atomic mass is 9.75. The fourth-order valence-corrected chi connectivity index (χ4v) is 12.0. The molecule has 12 rings (SSSR count). The molecule has 328 valence electrons. The summed E-state index contributed by atoms with van der Waals surface area (Å²) in [6.45, 7) is 18.1. The Bertz CT molecular complexity index is 3230. The van der Waals surface area contributed by atoms with Gasteiger partial charge in [0.2, 0.25) is 0 Å². The molecule has 2 N–H and O–H groups in total. The van der Waals surface area contributed by atoms with E-state index >= 15 is 0 Å². The van der Waals surface area contributed by atoms with Gasteiger partial charge < -0.3 is 10.0 Å². The van der Waals surface area contributed by atoms with Crippen LogP contribution in [0.1, 0.15) is 99.9 Å². The summed E-state index contributed by atoms with van der Waals surface area (Å²) in [5, 5.41) is 20.2. The van der Waals surface area contributed by atoms with Crippen molar-refractivity contribution < 1.29 is 10.0 Å². The second kappa shape index (κ2) is 16.0. The Morgan fingerprint density at radius 1 is 0.348 bits per heavy atom. The van der Waals surface area contributed by atoms with Crippen LogP contribution < -0.4 is 5.46 Å². The van der Waals surface area contributed by atoms with Crippen molar-refractivity contribution in [2.75, 3.05) is 0 Å². The molecule has 0 unspecified atom stereocenters. The fourth-order valence-electron chi connectivity index (χ4n) is 11.3. The average Bonchev–Trinajstić information content (AvgIpc) is 3.86. The molecule has 0 aliphatic heterocycles. The summed E-state index contributed by atoms with van der Waals surface area (Å²) in [6, 6.07) is 55.8. The standard InChI is InChI=1S/C30H25Cl.C15H15BO2.C15H12BrCl/c1-29(2)25-8-6-5-7-21(25)22-12-9-18(15-26(22)29)19-10-13-23-24-14-11-20(31)17-28(24)30(3,4)27(23)16-19;1-15(2)13-6-4-3-5-11(13)12-8-7-10(16(17)18)9-14(12)15;1-15(2)13-7-9(16)3-5-11(13)12-6-4-10(17)8-14(12)15/h5-17H,1-4H3;3-9,17-18H,1-2H3;3-8H,1-2H3. The third-order valence-electron chi connectivity index (χ3n) is 15.1. The number of halogens is 3. The van der Waals surface area contributed by atoms with E-state index in [4.69, 9.17) is 23.2 Å². The van der Waals surface area contributed by atoms with Crippen molar-refractivity contribution in [3.8, 4) is 55.6 Å². The van der Waals surface area contributed by atoms with E-state index in [9.17, 15) is 10.0 Å². The summed E-state index contributed by atoms with van der Waals surface area (Å²) in [5.41, 5.74) is 24.1. The maximum Gasteiger partial charge on any atom is 0.488 e. The first-order valence-corrected chi connectivity index (χ1v) is 24.3. The van der Waals surface area contributed by atoms with Crippen LogP contribution in [0.4, 0.5) is 0 Å². The van der Waals surface area contributed by atoms with Crippen LogP contribution in [0, 0.1) is 0 Å². The maximum atomic E-state index is 9.30. The Hall–Kier alpha value is -5.20. The lowest BCUT2D eigenvalue weighted by Gasteiger charge is -2.23. The van der Waals surface area contributed by atoms with Gasteiger partial charge in [-0.3, -0.25) is 0 Å². The topological polar surface area (TPSA) is 40.5 Å². The van der Waals surface area contributed by atoms with Crippen molar-refractivity contribution in [3.05, 3.63) is 217 Å². The van der Waals surface area contributed by atoms with Crippen LogP contribution in [0.2, 0.25) is 10.0 Å². The van der Waals surface area contributed by atoms with Crippen LogP contribution in [0.25, 0.3) is 55.6 Å². The van der Waals surface area contributed by atoms with Crippen LogP contribution in [0.15, 0.2) is 162 Å². The minimum absolute atomic E-state index is 0.0188. The largest absolute Gasteiger partial charge is 0.488 e. The number of benzene rings is 8. The smallest absolute Gasteiger partial charge is 0.423 e. The Kier molecular flexibility index (Phi) is 10.8. The van der Waals surface area contributed by atoms with Gasteiger partial charge in [-0.05, 0) is 154 Å². The molecule has 0 atom stereocenters. The van der Waals surface area contributed by atoms with E-state index in [0.29, 0.717) is 5.46 Å². The number of fused-ring (bicyclic) bond motifs is 12. The number of rotatable bonds is 2. The summed E-state index contributed by atoms with van der Waals surface area (Å²) in [6.07, 6.45) is 0. The Balaban J connectivity index is 0.000000125.